The molecule has 0 radical (unpaired) electrons. The summed E-state index contributed by atoms with van der Waals surface area (Å²) in [5.41, 5.74) is 4.61. The Hall–Kier alpha value is -1.75. The molecule has 23 heavy (non-hydrogen) atoms. The smallest absolute Gasteiger partial charge is 0.271 e. The Balaban J connectivity index is 2.15. The molecule has 120 valence electrons. The highest BCUT2D eigenvalue weighted by molar-refractivity contribution is 6.74. The highest BCUT2D eigenvalue weighted by Crippen LogP contribution is 2.24. The van der Waals surface area contributed by atoms with Crippen LogP contribution < -0.4 is 10.2 Å². The molecule has 0 aromatic heterocycles. The zero-order valence-electron chi connectivity index (χ0n) is 12.1. The Kier molecular flexibility index (Phi) is 5.88. The molecular weight excluding hydrogens is 359 g/mol. The van der Waals surface area contributed by atoms with E-state index in [1.807, 2.05) is 30.3 Å². The van der Waals surface area contributed by atoms with Gasteiger partial charge in [0.15, 0.2) is 0 Å². The van der Waals surface area contributed by atoms with E-state index < -0.39 is 9.70 Å². The summed E-state index contributed by atoms with van der Waals surface area (Å²) in [4.78, 5) is 12.0. The van der Waals surface area contributed by atoms with Crippen molar-refractivity contribution in [3.63, 3.8) is 0 Å². The standard InChI is InChI=1S/C16H13Cl3N2O2/c1-23-14-7-5-11(6-8-14)12-3-2-4-13(9-12)15(22)21-20-10-16(17,18)19/h2-10H,1H3,(H,21,22)/b20-10+. The van der Waals surface area contributed by atoms with E-state index in [4.69, 9.17) is 39.5 Å². The van der Waals surface area contributed by atoms with Crippen LogP contribution in [0.1, 0.15) is 10.4 Å². The van der Waals surface area contributed by atoms with Crippen LogP contribution in [0.15, 0.2) is 53.6 Å². The zero-order valence-corrected chi connectivity index (χ0v) is 14.4. The number of carbonyl (C=O) groups is 1. The van der Waals surface area contributed by atoms with Gasteiger partial charge in [-0.2, -0.15) is 5.10 Å². The molecule has 0 heterocycles. The van der Waals surface area contributed by atoms with E-state index in [9.17, 15) is 4.79 Å². The van der Waals surface area contributed by atoms with Crippen molar-refractivity contribution in [2.75, 3.05) is 7.11 Å². The monoisotopic (exact) mass is 370 g/mol. The minimum absolute atomic E-state index is 0.397. The zero-order chi connectivity index (χ0) is 16.9. The van der Waals surface area contributed by atoms with Crippen LogP contribution in [0, 0.1) is 0 Å². The number of nitrogens with zero attached hydrogens (tertiary/aromatic N) is 1. The number of halogens is 3. The number of alkyl halides is 3. The van der Waals surface area contributed by atoms with Gasteiger partial charge in [0, 0.05) is 5.56 Å². The molecule has 1 amide bonds. The fourth-order valence-corrected chi connectivity index (χ4v) is 2.00. The van der Waals surface area contributed by atoms with Crippen LogP contribution in [-0.2, 0) is 0 Å². The number of amides is 1. The van der Waals surface area contributed by atoms with E-state index >= 15 is 0 Å². The summed E-state index contributed by atoms with van der Waals surface area (Å²) in [5.74, 6) is 0.370. The first kappa shape index (κ1) is 17.6. The number of methoxy groups -OCH3 is 1. The summed E-state index contributed by atoms with van der Waals surface area (Å²) in [5, 5.41) is 3.61. The van der Waals surface area contributed by atoms with Crippen LogP contribution in [0.25, 0.3) is 11.1 Å². The van der Waals surface area contributed by atoms with Gasteiger partial charge in [0.25, 0.3) is 5.91 Å². The number of rotatable bonds is 4. The lowest BCUT2D eigenvalue weighted by molar-refractivity contribution is 0.0955. The molecule has 0 saturated carbocycles. The largest absolute Gasteiger partial charge is 0.497 e. The van der Waals surface area contributed by atoms with Gasteiger partial charge in [0.1, 0.15) is 5.75 Å². The predicted molar refractivity (Wildman–Crippen MR) is 94.7 cm³/mol. The average molecular weight is 372 g/mol. The predicted octanol–water partition coefficient (Wildman–Crippen LogP) is 4.45. The third-order valence-corrected chi connectivity index (χ3v) is 3.22. The molecule has 2 aromatic rings. The van der Waals surface area contributed by atoms with Gasteiger partial charge in [-0.15, -0.1) is 0 Å². The van der Waals surface area contributed by atoms with Crippen molar-refractivity contribution in [3.05, 3.63) is 54.1 Å². The maximum atomic E-state index is 12.0. The molecule has 0 fully saturated rings. The maximum Gasteiger partial charge on any atom is 0.271 e. The number of hydrogen-bond acceptors (Lipinski definition) is 3. The summed E-state index contributed by atoms with van der Waals surface area (Å²) < 4.78 is 3.47. The van der Waals surface area contributed by atoms with E-state index in [1.165, 1.54) is 0 Å². The lowest BCUT2D eigenvalue weighted by Crippen LogP contribution is -2.19. The lowest BCUT2D eigenvalue weighted by Gasteiger charge is -2.06. The second-order valence-electron chi connectivity index (χ2n) is 4.55. The number of nitrogens with one attached hydrogen (secondary N) is 1. The van der Waals surface area contributed by atoms with Crippen LogP contribution in [0.3, 0.4) is 0 Å². The first-order valence-electron chi connectivity index (χ1n) is 6.55. The fourth-order valence-electron chi connectivity index (χ4n) is 1.85. The van der Waals surface area contributed by atoms with Crippen molar-refractivity contribution in [3.8, 4) is 16.9 Å². The molecule has 0 aliphatic heterocycles. The second kappa shape index (κ2) is 7.68. The van der Waals surface area contributed by atoms with Gasteiger partial charge in [-0.25, -0.2) is 5.43 Å². The SMILES string of the molecule is COc1ccc(-c2cccc(C(=O)N/N=C/C(Cl)(Cl)Cl)c2)cc1. The van der Waals surface area contributed by atoms with Gasteiger partial charge < -0.3 is 4.74 Å². The van der Waals surface area contributed by atoms with Crippen molar-refractivity contribution < 1.29 is 9.53 Å². The Labute approximate surface area is 149 Å². The van der Waals surface area contributed by atoms with Crippen LogP contribution >= 0.6 is 34.8 Å². The van der Waals surface area contributed by atoms with Crippen molar-refractivity contribution in [2.45, 2.75) is 3.79 Å². The molecule has 0 saturated heterocycles. The molecule has 4 nitrogen and oxygen atoms in total. The van der Waals surface area contributed by atoms with Crippen molar-refractivity contribution >= 4 is 46.9 Å². The van der Waals surface area contributed by atoms with Crippen molar-refractivity contribution in [1.29, 1.82) is 0 Å². The molecule has 0 unspecified atom stereocenters. The quantitative estimate of drug-likeness (QED) is 0.490. The van der Waals surface area contributed by atoms with Gasteiger partial charge in [0.05, 0.1) is 13.3 Å². The van der Waals surface area contributed by atoms with Gasteiger partial charge in [-0.05, 0) is 35.4 Å². The number of carbonyl (C=O) groups excluding carboxylic acids is 1. The minimum Gasteiger partial charge on any atom is -0.497 e. The summed E-state index contributed by atoms with van der Waals surface area (Å²) >= 11 is 16.5. The Morgan fingerprint density at radius 1 is 1.13 bits per heavy atom. The van der Waals surface area contributed by atoms with Gasteiger partial charge in [-0.1, -0.05) is 59.1 Å². The van der Waals surface area contributed by atoms with Crippen LogP contribution in [0.2, 0.25) is 0 Å². The fraction of sp³-hybridized carbons (Fsp3) is 0.125. The van der Waals surface area contributed by atoms with Crippen molar-refractivity contribution in [1.82, 2.24) is 5.43 Å². The number of ether oxygens (including phenoxy) is 1. The Bertz CT molecular complexity index is 710. The van der Waals surface area contributed by atoms with Gasteiger partial charge >= 0.3 is 0 Å². The van der Waals surface area contributed by atoms with Crippen LogP contribution in [-0.4, -0.2) is 23.0 Å². The molecule has 7 heteroatoms. The third-order valence-electron chi connectivity index (χ3n) is 2.93. The highest BCUT2D eigenvalue weighted by atomic mass is 35.6. The number of hydrogen-bond donors (Lipinski definition) is 1. The van der Waals surface area contributed by atoms with E-state index in [0.717, 1.165) is 23.1 Å². The van der Waals surface area contributed by atoms with E-state index in [-0.39, 0.29) is 0 Å². The molecular formula is C16H13Cl3N2O2. The molecule has 1 N–H and O–H groups in total. The Morgan fingerprint density at radius 2 is 1.83 bits per heavy atom. The van der Waals surface area contributed by atoms with Crippen LogP contribution in [0.5, 0.6) is 5.75 Å². The maximum absolute atomic E-state index is 12.0. The molecule has 0 aliphatic carbocycles. The molecule has 0 bridgehead atoms. The lowest BCUT2D eigenvalue weighted by atomic mass is 10.0. The molecule has 2 aromatic carbocycles. The summed E-state index contributed by atoms with van der Waals surface area (Å²) in [6.45, 7) is 0. The first-order chi connectivity index (χ1) is 10.9. The summed E-state index contributed by atoms with van der Waals surface area (Å²) in [7, 11) is 1.61. The molecule has 0 atom stereocenters. The number of hydrazone groups is 1. The second-order valence-corrected chi connectivity index (χ2v) is 6.92. The van der Waals surface area contributed by atoms with E-state index in [1.54, 1.807) is 25.3 Å². The van der Waals surface area contributed by atoms with Crippen molar-refractivity contribution in [2.24, 2.45) is 5.10 Å². The topological polar surface area (TPSA) is 50.7 Å². The molecule has 0 aliphatic rings. The third kappa shape index (κ3) is 5.43. The van der Waals surface area contributed by atoms with E-state index in [0.29, 0.717) is 5.56 Å². The minimum atomic E-state index is -1.65. The van der Waals surface area contributed by atoms with E-state index in [2.05, 4.69) is 10.5 Å². The summed E-state index contributed by atoms with van der Waals surface area (Å²) in [6.07, 6.45) is 1.02. The molecule has 2 rings (SSSR count). The van der Waals surface area contributed by atoms with Gasteiger partial charge in [-0.3, -0.25) is 4.79 Å². The van der Waals surface area contributed by atoms with Gasteiger partial charge in [0.2, 0.25) is 3.79 Å². The van der Waals surface area contributed by atoms with Crippen LogP contribution in [0.4, 0.5) is 0 Å². The average Bonchev–Trinajstić information content (AvgIpc) is 2.54. The summed E-state index contributed by atoms with van der Waals surface area (Å²) in [6, 6.07) is 14.7. The number of benzene rings is 2. The Morgan fingerprint density at radius 3 is 2.43 bits per heavy atom. The first-order valence-corrected chi connectivity index (χ1v) is 7.68. The highest BCUT2D eigenvalue weighted by Gasteiger charge is 2.15. The molecule has 0 spiro atoms. The normalized spacial score (nSPS) is 11.5.